The van der Waals surface area contributed by atoms with E-state index in [0.29, 0.717) is 5.60 Å². The zero-order valence-electron chi connectivity index (χ0n) is 10.9. The molecule has 0 amide bonds. The Hall–Kier alpha value is -0.0400. The SMILES string of the molecule is CC(C)[C@@H]1CCC[C@]2(CC[C@@H]3C[C@H]3CO2)C1. The number of fused-ring (bicyclic) bond motifs is 1. The summed E-state index contributed by atoms with van der Waals surface area (Å²) in [6, 6.07) is 0. The highest BCUT2D eigenvalue weighted by Crippen LogP contribution is 2.51. The van der Waals surface area contributed by atoms with E-state index in [4.69, 9.17) is 4.74 Å². The lowest BCUT2D eigenvalue weighted by molar-refractivity contribution is -0.0911. The number of rotatable bonds is 1. The molecule has 1 saturated heterocycles. The molecule has 1 heterocycles. The third kappa shape index (κ3) is 2.03. The summed E-state index contributed by atoms with van der Waals surface area (Å²) < 4.78 is 6.37. The summed E-state index contributed by atoms with van der Waals surface area (Å²) in [5, 5.41) is 0. The molecule has 0 aromatic heterocycles. The molecule has 0 N–H and O–H groups in total. The highest BCUT2D eigenvalue weighted by Gasteiger charge is 2.46. The minimum Gasteiger partial charge on any atom is -0.375 e. The van der Waals surface area contributed by atoms with Crippen molar-refractivity contribution in [3.63, 3.8) is 0 Å². The Bertz CT molecular complexity index is 246. The van der Waals surface area contributed by atoms with E-state index < -0.39 is 0 Å². The molecule has 0 aromatic rings. The zero-order valence-corrected chi connectivity index (χ0v) is 10.9. The van der Waals surface area contributed by atoms with Crippen LogP contribution in [0.4, 0.5) is 0 Å². The highest BCUT2D eigenvalue weighted by atomic mass is 16.5. The predicted molar refractivity (Wildman–Crippen MR) is 66.3 cm³/mol. The molecule has 1 aliphatic heterocycles. The molecule has 2 saturated carbocycles. The Kier molecular flexibility index (Phi) is 2.78. The number of ether oxygens (including phenoxy) is 1. The van der Waals surface area contributed by atoms with Crippen LogP contribution in [0, 0.1) is 23.7 Å². The van der Waals surface area contributed by atoms with Crippen LogP contribution >= 0.6 is 0 Å². The summed E-state index contributed by atoms with van der Waals surface area (Å²) in [5.74, 6) is 3.75. The maximum atomic E-state index is 6.37. The molecule has 1 nitrogen and oxygen atoms in total. The monoisotopic (exact) mass is 222 g/mol. The van der Waals surface area contributed by atoms with Crippen LogP contribution in [-0.2, 0) is 4.74 Å². The second kappa shape index (κ2) is 4.01. The molecule has 3 aliphatic rings. The molecule has 3 rings (SSSR count). The fourth-order valence-corrected chi connectivity index (χ4v) is 3.97. The van der Waals surface area contributed by atoms with Crippen LogP contribution in [0.15, 0.2) is 0 Å². The highest BCUT2D eigenvalue weighted by molar-refractivity contribution is 4.97. The van der Waals surface area contributed by atoms with Crippen molar-refractivity contribution in [2.45, 2.75) is 64.4 Å². The van der Waals surface area contributed by atoms with Gasteiger partial charge in [-0.3, -0.25) is 0 Å². The topological polar surface area (TPSA) is 9.23 Å². The van der Waals surface area contributed by atoms with E-state index >= 15 is 0 Å². The van der Waals surface area contributed by atoms with Crippen molar-refractivity contribution < 1.29 is 4.74 Å². The minimum atomic E-state index is 0.306. The molecule has 3 fully saturated rings. The van der Waals surface area contributed by atoms with E-state index in [1.807, 2.05) is 0 Å². The van der Waals surface area contributed by atoms with E-state index in [9.17, 15) is 0 Å². The van der Waals surface area contributed by atoms with Gasteiger partial charge in [-0.2, -0.15) is 0 Å². The smallest absolute Gasteiger partial charge is 0.0685 e. The van der Waals surface area contributed by atoms with Crippen molar-refractivity contribution in [1.29, 1.82) is 0 Å². The van der Waals surface area contributed by atoms with Crippen molar-refractivity contribution in [2.75, 3.05) is 6.61 Å². The van der Waals surface area contributed by atoms with Gasteiger partial charge in [-0.1, -0.05) is 20.3 Å². The van der Waals surface area contributed by atoms with Crippen LogP contribution < -0.4 is 0 Å². The van der Waals surface area contributed by atoms with Crippen molar-refractivity contribution in [1.82, 2.24) is 0 Å². The van der Waals surface area contributed by atoms with E-state index in [2.05, 4.69) is 13.8 Å². The average molecular weight is 222 g/mol. The average Bonchev–Trinajstić information content (AvgIpc) is 3.03. The number of hydrogen-bond donors (Lipinski definition) is 0. The van der Waals surface area contributed by atoms with Gasteiger partial charge in [-0.05, 0) is 62.2 Å². The molecule has 2 aliphatic carbocycles. The summed E-state index contributed by atoms with van der Waals surface area (Å²) in [6.07, 6.45) is 9.81. The summed E-state index contributed by atoms with van der Waals surface area (Å²) >= 11 is 0. The van der Waals surface area contributed by atoms with Crippen LogP contribution in [0.3, 0.4) is 0 Å². The van der Waals surface area contributed by atoms with Crippen LogP contribution in [0.2, 0.25) is 0 Å². The molecular weight excluding hydrogens is 196 g/mol. The largest absolute Gasteiger partial charge is 0.375 e. The van der Waals surface area contributed by atoms with Gasteiger partial charge in [0.05, 0.1) is 12.2 Å². The third-order valence-electron chi connectivity index (χ3n) is 5.43. The van der Waals surface area contributed by atoms with Gasteiger partial charge in [0.15, 0.2) is 0 Å². The Labute approximate surface area is 99.9 Å². The van der Waals surface area contributed by atoms with Crippen LogP contribution in [0.1, 0.15) is 58.8 Å². The Morgan fingerprint density at radius 3 is 2.81 bits per heavy atom. The fraction of sp³-hybridized carbons (Fsp3) is 1.00. The van der Waals surface area contributed by atoms with Gasteiger partial charge < -0.3 is 4.74 Å². The predicted octanol–water partition coefficient (Wildman–Crippen LogP) is 4.02. The maximum absolute atomic E-state index is 6.37. The molecule has 4 atom stereocenters. The normalized spacial score (nSPS) is 47.8. The van der Waals surface area contributed by atoms with E-state index in [-0.39, 0.29) is 0 Å². The van der Waals surface area contributed by atoms with E-state index in [1.54, 1.807) is 0 Å². The fourth-order valence-electron chi connectivity index (χ4n) is 3.97. The summed E-state index contributed by atoms with van der Waals surface area (Å²) in [5.41, 5.74) is 0.306. The van der Waals surface area contributed by atoms with Crippen LogP contribution in [0.25, 0.3) is 0 Å². The molecule has 92 valence electrons. The molecule has 0 radical (unpaired) electrons. The summed E-state index contributed by atoms with van der Waals surface area (Å²) in [6.45, 7) is 5.85. The van der Waals surface area contributed by atoms with E-state index in [0.717, 1.165) is 30.3 Å². The lowest BCUT2D eigenvalue weighted by Crippen LogP contribution is -2.39. The van der Waals surface area contributed by atoms with Gasteiger partial charge >= 0.3 is 0 Å². The quantitative estimate of drug-likeness (QED) is 0.651. The van der Waals surface area contributed by atoms with Gasteiger partial charge in [0.25, 0.3) is 0 Å². The van der Waals surface area contributed by atoms with Crippen molar-refractivity contribution >= 4 is 0 Å². The van der Waals surface area contributed by atoms with Crippen molar-refractivity contribution in [3.8, 4) is 0 Å². The van der Waals surface area contributed by atoms with Crippen LogP contribution in [0.5, 0.6) is 0 Å². The van der Waals surface area contributed by atoms with Crippen LogP contribution in [-0.4, -0.2) is 12.2 Å². The second-order valence-electron chi connectivity index (χ2n) is 6.89. The van der Waals surface area contributed by atoms with Gasteiger partial charge in [0.2, 0.25) is 0 Å². The zero-order chi connectivity index (χ0) is 11.2. The van der Waals surface area contributed by atoms with Gasteiger partial charge in [0.1, 0.15) is 0 Å². The first-order valence-corrected chi connectivity index (χ1v) is 7.32. The Balaban J connectivity index is 1.66. The Morgan fingerprint density at radius 2 is 2.00 bits per heavy atom. The third-order valence-corrected chi connectivity index (χ3v) is 5.43. The lowest BCUT2D eigenvalue weighted by atomic mass is 9.71. The van der Waals surface area contributed by atoms with Gasteiger partial charge in [-0.25, -0.2) is 0 Å². The van der Waals surface area contributed by atoms with Gasteiger partial charge in [-0.15, -0.1) is 0 Å². The molecule has 16 heavy (non-hydrogen) atoms. The minimum absolute atomic E-state index is 0.306. The number of hydrogen-bond acceptors (Lipinski definition) is 1. The molecular formula is C15H26O. The first-order chi connectivity index (χ1) is 7.69. The molecule has 0 bridgehead atoms. The lowest BCUT2D eigenvalue weighted by Gasteiger charge is -2.42. The second-order valence-corrected chi connectivity index (χ2v) is 6.89. The Morgan fingerprint density at radius 1 is 1.12 bits per heavy atom. The van der Waals surface area contributed by atoms with Crippen molar-refractivity contribution in [2.24, 2.45) is 23.7 Å². The first-order valence-electron chi connectivity index (χ1n) is 7.32. The standard InChI is InChI=1S/C15H26O/c1-11(2)13-4-3-6-15(9-13)7-5-12-8-14(12)10-16-15/h11-14H,3-10H2,1-2H3/t12-,13-,14+,15+/m1/s1. The van der Waals surface area contributed by atoms with Crippen molar-refractivity contribution in [3.05, 3.63) is 0 Å². The molecule has 1 spiro atoms. The summed E-state index contributed by atoms with van der Waals surface area (Å²) in [7, 11) is 0. The van der Waals surface area contributed by atoms with E-state index in [1.165, 1.54) is 44.9 Å². The molecule has 0 unspecified atom stereocenters. The molecule has 0 aromatic carbocycles. The summed E-state index contributed by atoms with van der Waals surface area (Å²) in [4.78, 5) is 0. The first kappa shape index (κ1) is 11.1. The van der Waals surface area contributed by atoms with Gasteiger partial charge in [0, 0.05) is 0 Å². The maximum Gasteiger partial charge on any atom is 0.0685 e. The molecule has 1 heteroatoms.